The first-order chi connectivity index (χ1) is 6.27. The summed E-state index contributed by atoms with van der Waals surface area (Å²) in [4.78, 5) is 0. The molecule has 0 spiro atoms. The summed E-state index contributed by atoms with van der Waals surface area (Å²) in [5, 5.41) is 9.79. The van der Waals surface area contributed by atoms with E-state index in [1.54, 1.807) is 0 Å². The van der Waals surface area contributed by atoms with Gasteiger partial charge in [0.15, 0.2) is 0 Å². The zero-order chi connectivity index (χ0) is 9.68. The maximum atomic E-state index is 9.79. The molecule has 0 aromatic rings. The number of unbranched alkanes of at least 4 members (excludes halogenated alkanes) is 1. The van der Waals surface area contributed by atoms with Crippen molar-refractivity contribution in [2.45, 2.75) is 64.9 Å². The topological polar surface area (TPSA) is 20.2 Å². The standard InChI is InChI=1S/C12H24O/c1-3-5-6-10(4-2)9-12(13)11-7-8-11/h10-13H,3-9H2,1-2H3. The van der Waals surface area contributed by atoms with E-state index in [1.165, 1.54) is 38.5 Å². The minimum Gasteiger partial charge on any atom is -0.393 e. The molecule has 2 unspecified atom stereocenters. The van der Waals surface area contributed by atoms with Crippen LogP contribution in [0.25, 0.3) is 0 Å². The molecule has 78 valence electrons. The fourth-order valence-corrected chi connectivity index (χ4v) is 2.00. The summed E-state index contributed by atoms with van der Waals surface area (Å²) in [5.41, 5.74) is 0. The summed E-state index contributed by atoms with van der Waals surface area (Å²) >= 11 is 0. The van der Waals surface area contributed by atoms with Crippen LogP contribution in [0.3, 0.4) is 0 Å². The van der Waals surface area contributed by atoms with Gasteiger partial charge in [-0.05, 0) is 31.1 Å². The molecular formula is C12H24O. The first-order valence-electron chi connectivity index (χ1n) is 5.96. The largest absolute Gasteiger partial charge is 0.393 e. The van der Waals surface area contributed by atoms with E-state index in [9.17, 15) is 5.11 Å². The molecule has 1 N–H and O–H groups in total. The van der Waals surface area contributed by atoms with Crippen LogP contribution in [-0.4, -0.2) is 11.2 Å². The van der Waals surface area contributed by atoms with Crippen LogP contribution >= 0.6 is 0 Å². The number of aliphatic hydroxyl groups excluding tert-OH is 1. The molecule has 0 aromatic heterocycles. The fourth-order valence-electron chi connectivity index (χ4n) is 2.00. The fraction of sp³-hybridized carbons (Fsp3) is 1.00. The molecule has 13 heavy (non-hydrogen) atoms. The molecule has 0 saturated heterocycles. The molecule has 0 amide bonds. The van der Waals surface area contributed by atoms with Crippen molar-refractivity contribution in [2.75, 3.05) is 0 Å². The van der Waals surface area contributed by atoms with Gasteiger partial charge in [0.05, 0.1) is 6.10 Å². The van der Waals surface area contributed by atoms with Crippen LogP contribution in [0.5, 0.6) is 0 Å². The highest BCUT2D eigenvalue weighted by Crippen LogP contribution is 2.36. The number of hydrogen-bond acceptors (Lipinski definition) is 1. The molecule has 1 saturated carbocycles. The second-order valence-corrected chi connectivity index (χ2v) is 4.56. The molecule has 1 aliphatic rings. The normalized spacial score (nSPS) is 21.5. The first-order valence-corrected chi connectivity index (χ1v) is 5.96. The van der Waals surface area contributed by atoms with Gasteiger partial charge in [-0.2, -0.15) is 0 Å². The van der Waals surface area contributed by atoms with Gasteiger partial charge in [0.25, 0.3) is 0 Å². The Bertz CT molecular complexity index is 129. The monoisotopic (exact) mass is 184 g/mol. The lowest BCUT2D eigenvalue weighted by molar-refractivity contribution is 0.116. The summed E-state index contributed by atoms with van der Waals surface area (Å²) in [5.74, 6) is 1.44. The molecular weight excluding hydrogens is 160 g/mol. The smallest absolute Gasteiger partial charge is 0.0571 e. The quantitative estimate of drug-likeness (QED) is 0.643. The predicted molar refractivity (Wildman–Crippen MR) is 56.7 cm³/mol. The van der Waals surface area contributed by atoms with E-state index in [2.05, 4.69) is 13.8 Å². The van der Waals surface area contributed by atoms with E-state index in [1.807, 2.05) is 0 Å². The predicted octanol–water partition coefficient (Wildman–Crippen LogP) is 3.36. The number of hydrogen-bond donors (Lipinski definition) is 1. The molecule has 1 rings (SSSR count). The molecule has 0 heterocycles. The van der Waals surface area contributed by atoms with Gasteiger partial charge in [-0.25, -0.2) is 0 Å². The van der Waals surface area contributed by atoms with E-state index in [0.29, 0.717) is 5.92 Å². The van der Waals surface area contributed by atoms with Gasteiger partial charge in [0.2, 0.25) is 0 Å². The van der Waals surface area contributed by atoms with Crippen LogP contribution in [0.1, 0.15) is 58.8 Å². The van der Waals surface area contributed by atoms with Crippen molar-refractivity contribution in [1.29, 1.82) is 0 Å². The van der Waals surface area contributed by atoms with Gasteiger partial charge in [0.1, 0.15) is 0 Å². The van der Waals surface area contributed by atoms with Gasteiger partial charge in [-0.15, -0.1) is 0 Å². The van der Waals surface area contributed by atoms with E-state index >= 15 is 0 Å². The Morgan fingerprint density at radius 2 is 2.00 bits per heavy atom. The molecule has 2 atom stereocenters. The van der Waals surface area contributed by atoms with E-state index in [-0.39, 0.29) is 6.10 Å². The van der Waals surface area contributed by atoms with Crippen LogP contribution in [0.15, 0.2) is 0 Å². The summed E-state index contributed by atoms with van der Waals surface area (Å²) in [6.07, 6.45) is 8.78. The Labute approximate surface area is 82.5 Å². The SMILES string of the molecule is CCCCC(CC)CC(O)C1CC1. The van der Waals surface area contributed by atoms with E-state index < -0.39 is 0 Å². The van der Waals surface area contributed by atoms with Crippen molar-refractivity contribution in [1.82, 2.24) is 0 Å². The Morgan fingerprint density at radius 3 is 2.46 bits per heavy atom. The van der Waals surface area contributed by atoms with Crippen LogP contribution in [0.2, 0.25) is 0 Å². The Kier molecular flexibility index (Phi) is 4.79. The molecule has 1 fully saturated rings. The van der Waals surface area contributed by atoms with Crippen LogP contribution < -0.4 is 0 Å². The molecule has 0 bridgehead atoms. The molecule has 1 heteroatoms. The highest BCUT2D eigenvalue weighted by molar-refractivity contribution is 4.82. The maximum Gasteiger partial charge on any atom is 0.0571 e. The van der Waals surface area contributed by atoms with Gasteiger partial charge < -0.3 is 5.11 Å². The lowest BCUT2D eigenvalue weighted by Gasteiger charge is -2.18. The zero-order valence-electron chi connectivity index (χ0n) is 9.13. The average Bonchev–Trinajstić information content (AvgIpc) is 2.94. The Morgan fingerprint density at radius 1 is 1.31 bits per heavy atom. The van der Waals surface area contributed by atoms with Crippen molar-refractivity contribution in [3.05, 3.63) is 0 Å². The Balaban J connectivity index is 2.13. The van der Waals surface area contributed by atoms with Crippen molar-refractivity contribution in [3.8, 4) is 0 Å². The van der Waals surface area contributed by atoms with Gasteiger partial charge in [0, 0.05) is 0 Å². The van der Waals surface area contributed by atoms with Crippen LogP contribution in [-0.2, 0) is 0 Å². The van der Waals surface area contributed by atoms with Crippen LogP contribution in [0.4, 0.5) is 0 Å². The highest BCUT2D eigenvalue weighted by atomic mass is 16.3. The van der Waals surface area contributed by atoms with Crippen molar-refractivity contribution in [2.24, 2.45) is 11.8 Å². The summed E-state index contributed by atoms with van der Waals surface area (Å²) in [6.45, 7) is 4.49. The first kappa shape index (κ1) is 11.0. The average molecular weight is 184 g/mol. The van der Waals surface area contributed by atoms with Gasteiger partial charge in [-0.1, -0.05) is 39.5 Å². The van der Waals surface area contributed by atoms with Gasteiger partial charge >= 0.3 is 0 Å². The zero-order valence-corrected chi connectivity index (χ0v) is 9.13. The second kappa shape index (κ2) is 5.64. The molecule has 1 aliphatic carbocycles. The third-order valence-corrected chi connectivity index (χ3v) is 3.28. The van der Waals surface area contributed by atoms with Crippen molar-refractivity contribution >= 4 is 0 Å². The summed E-state index contributed by atoms with van der Waals surface area (Å²) < 4.78 is 0. The molecule has 1 nitrogen and oxygen atoms in total. The van der Waals surface area contributed by atoms with E-state index in [0.717, 1.165) is 12.3 Å². The number of rotatable bonds is 7. The maximum absolute atomic E-state index is 9.79. The minimum atomic E-state index is 0.0156. The summed E-state index contributed by atoms with van der Waals surface area (Å²) in [6, 6.07) is 0. The van der Waals surface area contributed by atoms with Crippen LogP contribution in [0, 0.1) is 11.8 Å². The third-order valence-electron chi connectivity index (χ3n) is 3.28. The molecule has 0 radical (unpaired) electrons. The summed E-state index contributed by atoms with van der Waals surface area (Å²) in [7, 11) is 0. The lowest BCUT2D eigenvalue weighted by Crippen LogP contribution is -2.15. The van der Waals surface area contributed by atoms with Crippen molar-refractivity contribution in [3.63, 3.8) is 0 Å². The van der Waals surface area contributed by atoms with E-state index in [4.69, 9.17) is 0 Å². The minimum absolute atomic E-state index is 0.0156. The third kappa shape index (κ3) is 4.12. The Hall–Kier alpha value is -0.0400. The molecule has 0 aromatic carbocycles. The lowest BCUT2D eigenvalue weighted by atomic mass is 9.92. The second-order valence-electron chi connectivity index (χ2n) is 4.56. The number of aliphatic hydroxyl groups is 1. The molecule has 0 aliphatic heterocycles. The van der Waals surface area contributed by atoms with Gasteiger partial charge in [-0.3, -0.25) is 0 Å². The van der Waals surface area contributed by atoms with Crippen molar-refractivity contribution < 1.29 is 5.11 Å². The highest BCUT2D eigenvalue weighted by Gasteiger charge is 2.30.